The Morgan fingerprint density at radius 2 is 1.66 bits per heavy atom. The van der Waals surface area contributed by atoms with Gasteiger partial charge in [-0.1, -0.05) is 47.6 Å². The van der Waals surface area contributed by atoms with E-state index in [1.165, 1.54) is 0 Å². The van der Waals surface area contributed by atoms with Gasteiger partial charge in [0.25, 0.3) is 0 Å². The van der Waals surface area contributed by atoms with Gasteiger partial charge in [-0.3, -0.25) is 9.36 Å². The molecule has 0 aliphatic carbocycles. The van der Waals surface area contributed by atoms with Crippen molar-refractivity contribution in [1.29, 1.82) is 0 Å². The van der Waals surface area contributed by atoms with Crippen LogP contribution in [0.15, 0.2) is 53.7 Å². The highest BCUT2D eigenvalue weighted by Gasteiger charge is 2.26. The van der Waals surface area contributed by atoms with E-state index in [9.17, 15) is 26.7 Å². The number of carbonyl (C=O) groups excluding carboxylic acids is 1. The SMILES string of the molecule is COc1ccccc1CNC(=O)CCCCc1nnc(SCc2c(F)c(F)c(F)c(F)c2F)n1-c1cccc(Cl)c1. The van der Waals surface area contributed by atoms with Gasteiger partial charge in [0, 0.05) is 41.3 Å². The van der Waals surface area contributed by atoms with E-state index < -0.39 is 40.4 Å². The first-order valence-electron chi connectivity index (χ1n) is 12.4. The minimum Gasteiger partial charge on any atom is -0.496 e. The number of para-hydroxylation sites is 1. The summed E-state index contributed by atoms with van der Waals surface area (Å²) in [5.74, 6) is -9.59. The molecule has 216 valence electrons. The van der Waals surface area contributed by atoms with Crippen LogP contribution in [0.3, 0.4) is 0 Å². The minimum absolute atomic E-state index is 0.133. The van der Waals surface area contributed by atoms with E-state index in [1.807, 2.05) is 24.3 Å². The Morgan fingerprint density at radius 3 is 2.37 bits per heavy atom. The van der Waals surface area contributed by atoms with Crippen LogP contribution >= 0.6 is 23.4 Å². The van der Waals surface area contributed by atoms with Gasteiger partial charge in [0.2, 0.25) is 11.7 Å². The number of amides is 1. The number of ether oxygens (including phenoxy) is 1. The molecule has 3 aromatic carbocycles. The van der Waals surface area contributed by atoms with Crippen LogP contribution in [0, 0.1) is 29.1 Å². The van der Waals surface area contributed by atoms with Crippen molar-refractivity contribution in [3.63, 3.8) is 0 Å². The Kier molecular flexibility index (Phi) is 10.2. The lowest BCUT2D eigenvalue weighted by molar-refractivity contribution is -0.121. The molecule has 13 heteroatoms. The molecule has 0 aliphatic heterocycles. The third-order valence-corrected chi connectivity index (χ3v) is 7.33. The van der Waals surface area contributed by atoms with Gasteiger partial charge >= 0.3 is 0 Å². The molecule has 41 heavy (non-hydrogen) atoms. The summed E-state index contributed by atoms with van der Waals surface area (Å²) < 4.78 is 76.1. The fourth-order valence-electron chi connectivity index (χ4n) is 4.04. The highest BCUT2D eigenvalue weighted by molar-refractivity contribution is 7.98. The summed E-state index contributed by atoms with van der Waals surface area (Å²) in [4.78, 5) is 12.4. The predicted molar refractivity (Wildman–Crippen MR) is 145 cm³/mol. The molecular formula is C28H24ClF5N4O2S. The van der Waals surface area contributed by atoms with E-state index in [1.54, 1.807) is 35.9 Å². The van der Waals surface area contributed by atoms with Gasteiger partial charge in [0.1, 0.15) is 11.6 Å². The topological polar surface area (TPSA) is 69.0 Å². The molecule has 0 saturated carbocycles. The molecule has 4 rings (SSSR count). The molecule has 0 saturated heterocycles. The van der Waals surface area contributed by atoms with Gasteiger partial charge < -0.3 is 10.1 Å². The lowest BCUT2D eigenvalue weighted by atomic mass is 10.1. The number of rotatable bonds is 12. The number of benzene rings is 3. The quantitative estimate of drug-likeness (QED) is 0.0618. The number of nitrogens with one attached hydrogen (secondary N) is 1. The van der Waals surface area contributed by atoms with Crippen LogP contribution in [0.5, 0.6) is 5.75 Å². The molecule has 0 spiro atoms. The third-order valence-electron chi connectivity index (χ3n) is 6.14. The van der Waals surface area contributed by atoms with Gasteiger partial charge in [0.05, 0.1) is 12.8 Å². The van der Waals surface area contributed by atoms with Gasteiger partial charge in [0.15, 0.2) is 28.4 Å². The zero-order valence-electron chi connectivity index (χ0n) is 21.7. The van der Waals surface area contributed by atoms with Crippen molar-refractivity contribution >= 4 is 29.3 Å². The number of hydrogen-bond donors (Lipinski definition) is 1. The molecular weight excluding hydrogens is 587 g/mol. The number of aryl methyl sites for hydroxylation is 1. The Balaban J connectivity index is 1.43. The first-order chi connectivity index (χ1) is 19.7. The molecule has 0 bridgehead atoms. The van der Waals surface area contributed by atoms with E-state index in [-0.39, 0.29) is 17.5 Å². The number of methoxy groups -OCH3 is 1. The normalized spacial score (nSPS) is 11.1. The summed E-state index contributed by atoms with van der Waals surface area (Å²) >= 11 is 6.91. The van der Waals surface area contributed by atoms with E-state index in [4.69, 9.17) is 16.3 Å². The molecule has 4 aromatic rings. The maximum Gasteiger partial charge on any atom is 0.220 e. The van der Waals surface area contributed by atoms with E-state index >= 15 is 0 Å². The standard InChI is InChI=1S/C28H24ClF5N4O2S/c1-40-20-10-3-2-7-16(20)14-35-22(39)12-5-4-11-21-36-37-28(38(21)18-9-6-8-17(29)13-18)41-15-19-23(30)25(32)27(34)26(33)24(19)31/h2-3,6-10,13H,4-5,11-12,14-15H2,1H3,(H,35,39). The van der Waals surface area contributed by atoms with Crippen LogP contribution in [0.25, 0.3) is 5.69 Å². The zero-order chi connectivity index (χ0) is 29.5. The Hall–Kier alpha value is -3.64. The van der Waals surface area contributed by atoms with Gasteiger partial charge in [-0.2, -0.15) is 0 Å². The predicted octanol–water partition coefficient (Wildman–Crippen LogP) is 6.95. The molecule has 1 aromatic heterocycles. The first-order valence-corrected chi connectivity index (χ1v) is 13.8. The third kappa shape index (κ3) is 7.17. The second kappa shape index (κ2) is 13.8. The van der Waals surface area contributed by atoms with E-state index in [0.29, 0.717) is 48.1 Å². The molecule has 1 amide bonds. The minimum atomic E-state index is -2.22. The van der Waals surface area contributed by atoms with Crippen molar-refractivity contribution in [2.45, 2.75) is 43.1 Å². The fourth-order valence-corrected chi connectivity index (χ4v) is 5.19. The number of carbonyl (C=O) groups is 1. The molecule has 6 nitrogen and oxygen atoms in total. The average molecular weight is 611 g/mol. The second-order valence-electron chi connectivity index (χ2n) is 8.85. The molecule has 0 aliphatic rings. The summed E-state index contributed by atoms with van der Waals surface area (Å²) in [5.41, 5.74) is 0.438. The maximum absolute atomic E-state index is 14.2. The smallest absolute Gasteiger partial charge is 0.220 e. The molecule has 1 heterocycles. The number of aromatic nitrogens is 3. The van der Waals surface area contributed by atoms with Crippen molar-refractivity contribution in [2.24, 2.45) is 0 Å². The average Bonchev–Trinajstić information content (AvgIpc) is 3.38. The van der Waals surface area contributed by atoms with Crippen LogP contribution in [0.4, 0.5) is 22.0 Å². The molecule has 1 N–H and O–H groups in total. The van der Waals surface area contributed by atoms with E-state index in [0.717, 1.165) is 17.3 Å². The number of unbranched alkanes of at least 4 members (excludes halogenated alkanes) is 1. The van der Waals surface area contributed by atoms with Crippen molar-refractivity contribution in [1.82, 2.24) is 20.1 Å². The van der Waals surface area contributed by atoms with Crippen LogP contribution in [0.2, 0.25) is 5.02 Å². The van der Waals surface area contributed by atoms with Crippen LogP contribution in [-0.2, 0) is 23.5 Å². The Morgan fingerprint density at radius 1 is 0.951 bits per heavy atom. The summed E-state index contributed by atoms with van der Waals surface area (Å²) in [7, 11) is 1.56. The summed E-state index contributed by atoms with van der Waals surface area (Å²) in [6, 6.07) is 14.1. The molecule has 0 radical (unpaired) electrons. The lowest BCUT2D eigenvalue weighted by Gasteiger charge is -2.12. The largest absolute Gasteiger partial charge is 0.496 e. The molecule has 0 fully saturated rings. The maximum atomic E-state index is 14.2. The monoisotopic (exact) mass is 610 g/mol. The highest BCUT2D eigenvalue weighted by Crippen LogP contribution is 2.31. The number of hydrogen-bond acceptors (Lipinski definition) is 5. The van der Waals surface area contributed by atoms with Crippen molar-refractivity contribution < 1.29 is 31.5 Å². The summed E-state index contributed by atoms with van der Waals surface area (Å²) in [6.07, 6.45) is 1.75. The summed E-state index contributed by atoms with van der Waals surface area (Å²) in [5, 5.41) is 11.7. The van der Waals surface area contributed by atoms with E-state index in [2.05, 4.69) is 15.5 Å². The Bertz CT molecular complexity index is 1520. The molecule has 0 atom stereocenters. The second-order valence-corrected chi connectivity index (χ2v) is 10.2. The first kappa shape index (κ1) is 30.3. The number of nitrogens with zero attached hydrogens (tertiary/aromatic N) is 3. The van der Waals surface area contributed by atoms with Crippen LogP contribution < -0.4 is 10.1 Å². The Labute approximate surface area is 241 Å². The van der Waals surface area contributed by atoms with Crippen LogP contribution in [-0.4, -0.2) is 27.8 Å². The lowest BCUT2D eigenvalue weighted by Crippen LogP contribution is -2.22. The van der Waals surface area contributed by atoms with Crippen molar-refractivity contribution in [2.75, 3.05) is 7.11 Å². The number of halogens is 6. The zero-order valence-corrected chi connectivity index (χ0v) is 23.3. The van der Waals surface area contributed by atoms with Gasteiger partial charge in [-0.25, -0.2) is 22.0 Å². The van der Waals surface area contributed by atoms with Crippen molar-refractivity contribution in [3.05, 3.63) is 99.6 Å². The molecule has 0 unspecified atom stereocenters. The fraction of sp³-hybridized carbons (Fsp3) is 0.250. The van der Waals surface area contributed by atoms with Crippen molar-refractivity contribution in [3.8, 4) is 11.4 Å². The van der Waals surface area contributed by atoms with Gasteiger partial charge in [-0.05, 0) is 37.1 Å². The van der Waals surface area contributed by atoms with Gasteiger partial charge in [-0.15, -0.1) is 10.2 Å². The number of thioether (sulfide) groups is 1. The highest BCUT2D eigenvalue weighted by atomic mass is 35.5. The van der Waals surface area contributed by atoms with Crippen LogP contribution in [0.1, 0.15) is 36.2 Å². The summed E-state index contributed by atoms with van der Waals surface area (Å²) in [6.45, 7) is 0.329.